The van der Waals surface area contributed by atoms with Crippen LogP contribution in [-0.4, -0.2) is 44.8 Å². The number of aryl methyl sites for hydroxylation is 2. The van der Waals surface area contributed by atoms with E-state index in [0.29, 0.717) is 13.1 Å². The van der Waals surface area contributed by atoms with Crippen LogP contribution in [-0.2, 0) is 22.9 Å². The lowest BCUT2D eigenvalue weighted by molar-refractivity contribution is 0.107. The highest BCUT2D eigenvalue weighted by Crippen LogP contribution is 1.99. The second-order valence-electron chi connectivity index (χ2n) is 6.38. The molecule has 0 atom stereocenters. The average molecular weight is 392 g/mol. The van der Waals surface area contributed by atoms with Gasteiger partial charge in [0.05, 0.1) is 11.4 Å². The Balaban J connectivity index is 1.38. The first-order valence-electron chi connectivity index (χ1n) is 9.34. The molecule has 10 nitrogen and oxygen atoms in total. The van der Waals surface area contributed by atoms with Gasteiger partial charge in [0.1, 0.15) is 0 Å². The Bertz CT molecular complexity index is 680. The molecule has 2 aromatic rings. The van der Waals surface area contributed by atoms with E-state index in [4.69, 9.17) is 9.47 Å². The van der Waals surface area contributed by atoms with E-state index in [1.165, 1.54) is 0 Å². The molecule has 2 heterocycles. The van der Waals surface area contributed by atoms with Crippen LogP contribution in [0.25, 0.3) is 0 Å². The van der Waals surface area contributed by atoms with Crippen molar-refractivity contribution in [1.82, 2.24) is 30.2 Å². The molecule has 0 aliphatic rings. The molecule has 154 valence electrons. The zero-order chi connectivity index (χ0) is 20.2. The molecular formula is C18H28N6O4. The third-order valence-electron chi connectivity index (χ3n) is 3.85. The van der Waals surface area contributed by atoms with Gasteiger partial charge in [0.2, 0.25) is 0 Å². The summed E-state index contributed by atoms with van der Waals surface area (Å²) in [6, 6.07) is 3.69. The number of ether oxygens (including phenoxy) is 2. The van der Waals surface area contributed by atoms with Gasteiger partial charge < -0.3 is 20.1 Å². The molecule has 0 saturated carbocycles. The number of hydrogen-bond donors (Lipinski definition) is 2. The standard InChI is InChI=1S/C18H28N6O4/c1-15-7-11-23(21-15)13-27-17(25)19-9-5-3-4-6-10-20-18(26)28-14-24-12-8-16(2)22-24/h7-8,11-12H,3-6,9-10,13-14H2,1-2H3,(H,19,25)(H,20,26). The van der Waals surface area contributed by atoms with E-state index in [1.807, 2.05) is 26.0 Å². The summed E-state index contributed by atoms with van der Waals surface area (Å²) in [6.45, 7) is 5.04. The number of alkyl carbamates (subject to hydrolysis) is 2. The van der Waals surface area contributed by atoms with Crippen LogP contribution in [0.3, 0.4) is 0 Å². The summed E-state index contributed by atoms with van der Waals surface area (Å²) < 4.78 is 13.2. The zero-order valence-electron chi connectivity index (χ0n) is 16.4. The number of rotatable bonds is 11. The molecule has 2 aromatic heterocycles. The van der Waals surface area contributed by atoms with E-state index in [0.717, 1.165) is 37.1 Å². The smallest absolute Gasteiger partial charge is 0.408 e. The number of nitrogens with one attached hydrogen (secondary N) is 2. The lowest BCUT2D eigenvalue weighted by Gasteiger charge is -2.08. The van der Waals surface area contributed by atoms with Crippen molar-refractivity contribution in [3.63, 3.8) is 0 Å². The molecule has 0 aliphatic carbocycles. The first kappa shape index (κ1) is 21.3. The Morgan fingerprint density at radius 3 is 1.61 bits per heavy atom. The Morgan fingerprint density at radius 2 is 1.25 bits per heavy atom. The maximum atomic E-state index is 11.6. The van der Waals surface area contributed by atoms with E-state index in [2.05, 4.69) is 20.8 Å². The topological polar surface area (TPSA) is 112 Å². The van der Waals surface area contributed by atoms with E-state index in [-0.39, 0.29) is 13.5 Å². The summed E-state index contributed by atoms with van der Waals surface area (Å²) >= 11 is 0. The van der Waals surface area contributed by atoms with E-state index >= 15 is 0 Å². The van der Waals surface area contributed by atoms with E-state index in [1.54, 1.807) is 21.8 Å². The van der Waals surface area contributed by atoms with Crippen molar-refractivity contribution in [1.29, 1.82) is 0 Å². The van der Waals surface area contributed by atoms with Crippen LogP contribution < -0.4 is 10.6 Å². The number of carbonyl (C=O) groups excluding carboxylic acids is 2. The van der Waals surface area contributed by atoms with Crippen LogP contribution >= 0.6 is 0 Å². The fourth-order valence-electron chi connectivity index (χ4n) is 2.41. The third-order valence-corrected chi connectivity index (χ3v) is 3.85. The van der Waals surface area contributed by atoms with Crippen LogP contribution in [0, 0.1) is 13.8 Å². The number of aromatic nitrogens is 4. The summed E-state index contributed by atoms with van der Waals surface area (Å²) in [5.41, 5.74) is 1.75. The van der Waals surface area contributed by atoms with Crippen molar-refractivity contribution < 1.29 is 19.1 Å². The quantitative estimate of drug-likeness (QED) is 0.568. The summed E-state index contributed by atoms with van der Waals surface area (Å²) in [5.74, 6) is 0. The number of amides is 2. The second kappa shape index (κ2) is 11.6. The van der Waals surface area contributed by atoms with Crippen molar-refractivity contribution in [2.24, 2.45) is 0 Å². The first-order chi connectivity index (χ1) is 13.5. The molecule has 2 rings (SSSR count). The molecule has 0 bridgehead atoms. The van der Waals surface area contributed by atoms with Crippen LogP contribution in [0.15, 0.2) is 24.5 Å². The van der Waals surface area contributed by atoms with Gasteiger partial charge in [-0.1, -0.05) is 12.8 Å². The number of carbonyl (C=O) groups is 2. The largest absolute Gasteiger partial charge is 0.426 e. The molecule has 0 saturated heterocycles. The van der Waals surface area contributed by atoms with Gasteiger partial charge in [-0.15, -0.1) is 0 Å². The Hall–Kier alpha value is -3.04. The summed E-state index contributed by atoms with van der Waals surface area (Å²) in [4.78, 5) is 23.1. The minimum Gasteiger partial charge on any atom is -0.426 e. The molecule has 0 aromatic carbocycles. The summed E-state index contributed by atoms with van der Waals surface area (Å²) in [6.07, 6.45) is 6.19. The molecular weight excluding hydrogens is 364 g/mol. The van der Waals surface area contributed by atoms with Crippen molar-refractivity contribution in [3.05, 3.63) is 35.9 Å². The maximum Gasteiger partial charge on any atom is 0.408 e. The fourth-order valence-corrected chi connectivity index (χ4v) is 2.41. The van der Waals surface area contributed by atoms with Gasteiger partial charge in [-0.05, 0) is 38.8 Å². The van der Waals surface area contributed by atoms with Crippen LogP contribution in [0.2, 0.25) is 0 Å². The first-order valence-corrected chi connectivity index (χ1v) is 9.34. The zero-order valence-corrected chi connectivity index (χ0v) is 16.4. The van der Waals surface area contributed by atoms with Gasteiger partial charge in [-0.3, -0.25) is 0 Å². The predicted octanol–water partition coefficient (Wildman–Crippen LogP) is 2.32. The minimum absolute atomic E-state index is 0.0987. The van der Waals surface area contributed by atoms with Gasteiger partial charge in [-0.25, -0.2) is 19.0 Å². The van der Waals surface area contributed by atoms with Gasteiger partial charge in [-0.2, -0.15) is 10.2 Å². The SMILES string of the molecule is Cc1ccn(COC(=O)NCCCCCCNC(=O)OCn2ccc(C)n2)n1. The van der Waals surface area contributed by atoms with Crippen molar-refractivity contribution in [2.45, 2.75) is 53.0 Å². The molecule has 2 amide bonds. The van der Waals surface area contributed by atoms with Crippen molar-refractivity contribution in [3.8, 4) is 0 Å². The predicted molar refractivity (Wildman–Crippen MR) is 101 cm³/mol. The number of nitrogens with zero attached hydrogens (tertiary/aromatic N) is 4. The molecule has 0 unspecified atom stereocenters. The highest BCUT2D eigenvalue weighted by Gasteiger charge is 2.03. The Morgan fingerprint density at radius 1 is 0.821 bits per heavy atom. The lowest BCUT2D eigenvalue weighted by Crippen LogP contribution is -2.27. The van der Waals surface area contributed by atoms with Gasteiger partial charge in [0.15, 0.2) is 13.5 Å². The minimum atomic E-state index is -0.454. The van der Waals surface area contributed by atoms with Crippen molar-refractivity contribution in [2.75, 3.05) is 13.1 Å². The second-order valence-corrected chi connectivity index (χ2v) is 6.38. The molecule has 0 aliphatic heterocycles. The third kappa shape index (κ3) is 8.56. The molecule has 0 fully saturated rings. The average Bonchev–Trinajstić information content (AvgIpc) is 3.28. The summed E-state index contributed by atoms with van der Waals surface area (Å²) in [5, 5.41) is 13.7. The molecule has 0 radical (unpaired) electrons. The van der Waals surface area contributed by atoms with Gasteiger partial charge >= 0.3 is 12.2 Å². The van der Waals surface area contributed by atoms with Crippen LogP contribution in [0.4, 0.5) is 9.59 Å². The maximum absolute atomic E-state index is 11.6. The number of hydrogen-bond acceptors (Lipinski definition) is 6. The van der Waals surface area contributed by atoms with Crippen molar-refractivity contribution >= 4 is 12.2 Å². The molecule has 10 heteroatoms. The lowest BCUT2D eigenvalue weighted by atomic mass is 10.2. The number of unbranched alkanes of at least 4 members (excludes halogenated alkanes) is 3. The fraction of sp³-hybridized carbons (Fsp3) is 0.556. The molecule has 2 N–H and O–H groups in total. The normalized spacial score (nSPS) is 10.5. The Labute approximate surface area is 164 Å². The highest BCUT2D eigenvalue weighted by atomic mass is 16.6. The Kier molecular flexibility index (Phi) is 8.83. The monoisotopic (exact) mass is 392 g/mol. The molecule has 0 spiro atoms. The van der Waals surface area contributed by atoms with E-state index in [9.17, 15) is 9.59 Å². The van der Waals surface area contributed by atoms with Crippen LogP contribution in [0.5, 0.6) is 0 Å². The summed E-state index contributed by atoms with van der Waals surface area (Å²) in [7, 11) is 0. The van der Waals surface area contributed by atoms with Crippen LogP contribution in [0.1, 0.15) is 37.1 Å². The van der Waals surface area contributed by atoms with E-state index < -0.39 is 12.2 Å². The van der Waals surface area contributed by atoms with Gasteiger partial charge in [0.25, 0.3) is 0 Å². The highest BCUT2D eigenvalue weighted by molar-refractivity contribution is 5.67. The van der Waals surface area contributed by atoms with Gasteiger partial charge in [0, 0.05) is 25.5 Å². The molecule has 28 heavy (non-hydrogen) atoms.